The Morgan fingerprint density at radius 1 is 1.26 bits per heavy atom. The monoisotopic (exact) mass is 264 g/mol. The van der Waals surface area contributed by atoms with E-state index in [0.717, 1.165) is 32.1 Å². The van der Waals surface area contributed by atoms with Crippen molar-refractivity contribution in [1.29, 1.82) is 0 Å². The van der Waals surface area contributed by atoms with Crippen LogP contribution < -0.4 is 0 Å². The van der Waals surface area contributed by atoms with Gasteiger partial charge in [0, 0.05) is 5.92 Å². The molecule has 4 nitrogen and oxygen atoms in total. The molecule has 0 spiro atoms. The van der Waals surface area contributed by atoms with Gasteiger partial charge in [0.1, 0.15) is 12.2 Å². The third-order valence-corrected chi connectivity index (χ3v) is 5.85. The Hall–Kier alpha value is -1.06. The first-order chi connectivity index (χ1) is 9.16. The summed E-state index contributed by atoms with van der Waals surface area (Å²) in [5, 5.41) is 0. The van der Waals surface area contributed by atoms with Crippen LogP contribution >= 0.6 is 0 Å². The molecular formula is C15H20O4. The summed E-state index contributed by atoms with van der Waals surface area (Å²) in [6, 6.07) is 0. The zero-order chi connectivity index (χ0) is 13.1. The van der Waals surface area contributed by atoms with E-state index < -0.39 is 0 Å². The summed E-state index contributed by atoms with van der Waals surface area (Å²) < 4.78 is 11.1. The molecule has 104 valence electrons. The lowest BCUT2D eigenvalue weighted by atomic mass is 9.75. The topological polar surface area (TPSA) is 52.6 Å². The van der Waals surface area contributed by atoms with E-state index in [-0.39, 0.29) is 41.9 Å². The molecular weight excluding hydrogens is 244 g/mol. The largest absolute Gasteiger partial charge is 0.462 e. The lowest BCUT2D eigenvalue weighted by Crippen LogP contribution is -2.38. The highest BCUT2D eigenvalue weighted by Gasteiger charge is 2.67. The predicted molar refractivity (Wildman–Crippen MR) is 66.0 cm³/mol. The molecule has 1 heterocycles. The smallest absolute Gasteiger partial charge is 0.310 e. The Labute approximate surface area is 112 Å². The summed E-state index contributed by atoms with van der Waals surface area (Å²) in [6.45, 7) is 2.11. The van der Waals surface area contributed by atoms with E-state index in [9.17, 15) is 9.59 Å². The van der Waals surface area contributed by atoms with Crippen LogP contribution in [0.2, 0.25) is 0 Å². The molecule has 4 rings (SSSR count). The Balaban J connectivity index is 1.54. The van der Waals surface area contributed by atoms with Crippen molar-refractivity contribution in [3.05, 3.63) is 0 Å². The van der Waals surface area contributed by atoms with Gasteiger partial charge in [-0.15, -0.1) is 0 Å². The second-order valence-electron chi connectivity index (χ2n) is 6.72. The Morgan fingerprint density at radius 3 is 2.74 bits per heavy atom. The molecule has 0 N–H and O–H groups in total. The second-order valence-corrected chi connectivity index (χ2v) is 6.72. The van der Waals surface area contributed by atoms with Crippen LogP contribution in [0.25, 0.3) is 0 Å². The number of fused-ring (bicyclic) bond motifs is 1. The van der Waals surface area contributed by atoms with Gasteiger partial charge in [-0.2, -0.15) is 0 Å². The number of hydrogen-bond donors (Lipinski definition) is 0. The van der Waals surface area contributed by atoms with Crippen LogP contribution in [0, 0.1) is 29.6 Å². The van der Waals surface area contributed by atoms with E-state index in [1.807, 2.05) is 0 Å². The van der Waals surface area contributed by atoms with E-state index in [0.29, 0.717) is 11.8 Å². The summed E-state index contributed by atoms with van der Waals surface area (Å²) in [5.74, 6) is 0.151. The zero-order valence-electron chi connectivity index (χ0n) is 11.2. The van der Waals surface area contributed by atoms with Crippen LogP contribution in [0.4, 0.5) is 0 Å². The lowest BCUT2D eigenvalue weighted by Gasteiger charge is -2.28. The average molecular weight is 264 g/mol. The fourth-order valence-corrected chi connectivity index (χ4v) is 4.95. The molecule has 5 unspecified atom stereocenters. The van der Waals surface area contributed by atoms with E-state index in [2.05, 4.69) is 6.92 Å². The second kappa shape index (κ2) is 3.97. The molecule has 2 bridgehead atoms. The van der Waals surface area contributed by atoms with Crippen molar-refractivity contribution in [3.63, 3.8) is 0 Å². The van der Waals surface area contributed by atoms with Crippen LogP contribution in [0.3, 0.4) is 0 Å². The molecule has 1 aliphatic heterocycles. The maximum absolute atomic E-state index is 12.4. The molecule has 0 aromatic rings. The third kappa shape index (κ3) is 1.52. The van der Waals surface area contributed by atoms with E-state index >= 15 is 0 Å². The molecule has 0 aromatic heterocycles. The standard InChI is InChI=1S/C15H20O4/c1-7-9-6-10-12(15(17)19-13(7)10)11(9)14(16)18-8-4-2-3-5-8/h7-13H,2-6H2,1H3/t7-,9?,10?,11?,12?,13?/m1/s1. The van der Waals surface area contributed by atoms with Gasteiger partial charge in [0.2, 0.25) is 0 Å². The first kappa shape index (κ1) is 11.7. The van der Waals surface area contributed by atoms with Crippen molar-refractivity contribution in [2.75, 3.05) is 0 Å². The quantitative estimate of drug-likeness (QED) is 0.715. The van der Waals surface area contributed by atoms with Gasteiger partial charge in [0.05, 0.1) is 11.8 Å². The summed E-state index contributed by atoms with van der Waals surface area (Å²) in [6.07, 6.45) is 5.40. The number of esters is 2. The van der Waals surface area contributed by atoms with Crippen molar-refractivity contribution >= 4 is 11.9 Å². The van der Waals surface area contributed by atoms with Crippen molar-refractivity contribution < 1.29 is 19.1 Å². The summed E-state index contributed by atoms with van der Waals surface area (Å²) in [5.41, 5.74) is 0. The number of ether oxygens (including phenoxy) is 2. The summed E-state index contributed by atoms with van der Waals surface area (Å²) in [4.78, 5) is 24.4. The summed E-state index contributed by atoms with van der Waals surface area (Å²) in [7, 11) is 0. The molecule has 3 aliphatic carbocycles. The number of rotatable bonds is 2. The SMILES string of the molecule is C[C@@H]1C2CC3C(C(=O)OC31)C2C(=O)OC1CCCC1. The van der Waals surface area contributed by atoms with Gasteiger partial charge in [-0.25, -0.2) is 0 Å². The molecule has 4 fully saturated rings. The van der Waals surface area contributed by atoms with Gasteiger partial charge in [-0.05, 0) is 43.9 Å². The normalized spacial score (nSPS) is 47.7. The number of hydrogen-bond acceptors (Lipinski definition) is 4. The van der Waals surface area contributed by atoms with Gasteiger partial charge in [0.15, 0.2) is 0 Å². The highest BCUT2D eigenvalue weighted by atomic mass is 16.6. The molecule has 4 heteroatoms. The van der Waals surface area contributed by atoms with Crippen LogP contribution in [-0.4, -0.2) is 24.1 Å². The molecule has 0 radical (unpaired) electrons. The van der Waals surface area contributed by atoms with Gasteiger partial charge >= 0.3 is 11.9 Å². The van der Waals surface area contributed by atoms with Crippen LogP contribution in [0.1, 0.15) is 39.0 Å². The van der Waals surface area contributed by atoms with Gasteiger partial charge in [-0.3, -0.25) is 9.59 Å². The first-order valence-electron chi connectivity index (χ1n) is 7.58. The van der Waals surface area contributed by atoms with Crippen LogP contribution in [-0.2, 0) is 19.1 Å². The molecule has 4 aliphatic rings. The van der Waals surface area contributed by atoms with Crippen molar-refractivity contribution in [3.8, 4) is 0 Å². The van der Waals surface area contributed by atoms with Crippen molar-refractivity contribution in [2.45, 2.75) is 51.2 Å². The maximum atomic E-state index is 12.4. The molecule has 6 atom stereocenters. The first-order valence-corrected chi connectivity index (χ1v) is 7.58. The van der Waals surface area contributed by atoms with Crippen molar-refractivity contribution in [2.24, 2.45) is 29.6 Å². The Morgan fingerprint density at radius 2 is 2.00 bits per heavy atom. The Bertz CT molecular complexity index is 426. The molecule has 1 saturated heterocycles. The molecule has 19 heavy (non-hydrogen) atoms. The summed E-state index contributed by atoms with van der Waals surface area (Å²) >= 11 is 0. The fraction of sp³-hybridized carbons (Fsp3) is 0.867. The molecule has 0 amide bonds. The van der Waals surface area contributed by atoms with E-state index in [1.54, 1.807) is 0 Å². The predicted octanol–water partition coefficient (Wildman–Crippen LogP) is 1.92. The van der Waals surface area contributed by atoms with Gasteiger partial charge in [-0.1, -0.05) is 6.92 Å². The highest BCUT2D eigenvalue weighted by Crippen LogP contribution is 2.60. The maximum Gasteiger partial charge on any atom is 0.310 e. The minimum Gasteiger partial charge on any atom is -0.462 e. The average Bonchev–Trinajstić information content (AvgIpc) is 3.07. The van der Waals surface area contributed by atoms with Gasteiger partial charge < -0.3 is 9.47 Å². The molecule has 3 saturated carbocycles. The lowest BCUT2D eigenvalue weighted by molar-refractivity contribution is -0.160. The van der Waals surface area contributed by atoms with E-state index in [1.165, 1.54) is 0 Å². The number of carbonyl (C=O) groups is 2. The van der Waals surface area contributed by atoms with Crippen molar-refractivity contribution in [1.82, 2.24) is 0 Å². The van der Waals surface area contributed by atoms with Gasteiger partial charge in [0.25, 0.3) is 0 Å². The highest BCUT2D eigenvalue weighted by molar-refractivity contribution is 5.86. The number of carbonyl (C=O) groups excluding carboxylic acids is 2. The van der Waals surface area contributed by atoms with E-state index in [4.69, 9.17) is 9.47 Å². The Kier molecular flexibility index (Phi) is 2.45. The minimum atomic E-state index is -0.230. The minimum absolute atomic E-state index is 0.0676. The van der Waals surface area contributed by atoms with Crippen LogP contribution in [0.15, 0.2) is 0 Å². The third-order valence-electron chi connectivity index (χ3n) is 5.85. The molecule has 0 aromatic carbocycles. The van der Waals surface area contributed by atoms with Crippen LogP contribution in [0.5, 0.6) is 0 Å². The fourth-order valence-electron chi connectivity index (χ4n) is 4.95. The zero-order valence-corrected chi connectivity index (χ0v) is 11.2.